The van der Waals surface area contributed by atoms with Gasteiger partial charge in [0.05, 0.1) is 16.3 Å². The molecule has 4 heteroatoms. The van der Waals surface area contributed by atoms with Gasteiger partial charge in [-0.25, -0.2) is 0 Å². The zero-order valence-corrected chi connectivity index (χ0v) is 11.4. The van der Waals surface area contributed by atoms with Crippen LogP contribution in [0.1, 0.15) is 25.3 Å². The maximum absolute atomic E-state index is 9.08. The van der Waals surface area contributed by atoms with Gasteiger partial charge in [0.2, 0.25) is 0 Å². The molecule has 1 aromatic rings. The normalized spacial score (nSPS) is 23.4. The second-order valence-corrected chi connectivity index (χ2v) is 6.62. The Kier molecular flexibility index (Phi) is 3.86. The van der Waals surface area contributed by atoms with Crippen molar-refractivity contribution in [2.45, 2.75) is 24.5 Å². The smallest absolute Gasteiger partial charge is 0.103 e. The number of benzene rings is 1. The van der Waals surface area contributed by atoms with Gasteiger partial charge in [0.15, 0.2) is 0 Å². The van der Waals surface area contributed by atoms with Crippen molar-refractivity contribution in [1.29, 1.82) is 5.26 Å². The molecular formula is C13H15ClN2S. The number of nitrogens with one attached hydrogen (secondary N) is 1. The largest absolute Gasteiger partial charge is 0.383 e. The van der Waals surface area contributed by atoms with Gasteiger partial charge in [-0.1, -0.05) is 17.7 Å². The van der Waals surface area contributed by atoms with Gasteiger partial charge < -0.3 is 5.32 Å². The average molecular weight is 267 g/mol. The Balaban J connectivity index is 2.09. The summed E-state index contributed by atoms with van der Waals surface area (Å²) in [5.74, 6) is 1.23. The fourth-order valence-electron chi connectivity index (χ4n) is 2.04. The first kappa shape index (κ1) is 12.6. The third kappa shape index (κ3) is 2.88. The highest BCUT2D eigenvalue weighted by Crippen LogP contribution is 2.38. The van der Waals surface area contributed by atoms with E-state index in [-0.39, 0.29) is 4.75 Å². The van der Waals surface area contributed by atoms with Crippen LogP contribution in [-0.2, 0) is 0 Å². The minimum absolute atomic E-state index is 0.287. The second-order valence-electron chi connectivity index (χ2n) is 4.53. The molecule has 1 unspecified atom stereocenters. The van der Waals surface area contributed by atoms with E-state index in [1.54, 1.807) is 6.07 Å². The second kappa shape index (κ2) is 5.20. The Hall–Kier alpha value is -0.850. The van der Waals surface area contributed by atoms with Crippen LogP contribution in [-0.4, -0.2) is 17.0 Å². The van der Waals surface area contributed by atoms with Gasteiger partial charge >= 0.3 is 0 Å². The number of anilines is 1. The van der Waals surface area contributed by atoms with E-state index >= 15 is 0 Å². The molecule has 1 aliphatic heterocycles. The van der Waals surface area contributed by atoms with E-state index < -0.39 is 0 Å². The molecule has 1 fully saturated rings. The highest BCUT2D eigenvalue weighted by atomic mass is 35.5. The van der Waals surface area contributed by atoms with Crippen LogP contribution < -0.4 is 5.32 Å². The molecule has 0 aromatic heterocycles. The lowest BCUT2D eigenvalue weighted by Gasteiger charge is -2.24. The Labute approximate surface area is 111 Å². The summed E-state index contributed by atoms with van der Waals surface area (Å²) in [6.07, 6.45) is 2.51. The summed E-state index contributed by atoms with van der Waals surface area (Å²) in [5.41, 5.74) is 1.38. The molecule has 2 nitrogen and oxygen atoms in total. The van der Waals surface area contributed by atoms with E-state index in [2.05, 4.69) is 18.3 Å². The highest BCUT2D eigenvalue weighted by Gasteiger charge is 2.29. The van der Waals surface area contributed by atoms with Crippen molar-refractivity contribution in [2.24, 2.45) is 0 Å². The summed E-state index contributed by atoms with van der Waals surface area (Å²) >= 11 is 8.00. The summed E-state index contributed by atoms with van der Waals surface area (Å²) in [4.78, 5) is 0. The van der Waals surface area contributed by atoms with Crippen molar-refractivity contribution < 1.29 is 0 Å². The topological polar surface area (TPSA) is 35.8 Å². The molecule has 90 valence electrons. The first-order chi connectivity index (χ1) is 8.14. The summed E-state index contributed by atoms with van der Waals surface area (Å²) in [6, 6.07) is 7.68. The van der Waals surface area contributed by atoms with Crippen LogP contribution in [0.5, 0.6) is 0 Å². The number of hydrogen-bond donors (Lipinski definition) is 1. The van der Waals surface area contributed by atoms with Gasteiger partial charge in [-0.15, -0.1) is 0 Å². The van der Waals surface area contributed by atoms with Crippen LogP contribution in [0.4, 0.5) is 5.69 Å². The Morgan fingerprint density at radius 3 is 3.06 bits per heavy atom. The molecule has 0 saturated carbocycles. The lowest BCUT2D eigenvalue weighted by atomic mass is 10.1. The first-order valence-corrected chi connectivity index (χ1v) is 7.07. The van der Waals surface area contributed by atoms with E-state index in [1.807, 2.05) is 23.9 Å². The van der Waals surface area contributed by atoms with Gasteiger partial charge in [-0.2, -0.15) is 17.0 Å². The number of thioether (sulfide) groups is 1. The van der Waals surface area contributed by atoms with Crippen LogP contribution in [0, 0.1) is 11.3 Å². The quantitative estimate of drug-likeness (QED) is 0.901. The fraction of sp³-hybridized carbons (Fsp3) is 0.462. The summed E-state index contributed by atoms with van der Waals surface area (Å²) < 4.78 is 0.287. The van der Waals surface area contributed by atoms with Gasteiger partial charge in [0, 0.05) is 11.3 Å². The van der Waals surface area contributed by atoms with Crippen LogP contribution in [0.2, 0.25) is 5.02 Å². The molecule has 2 rings (SSSR count). The number of nitriles is 1. The average Bonchev–Trinajstić information content (AvgIpc) is 2.74. The van der Waals surface area contributed by atoms with Gasteiger partial charge in [0.25, 0.3) is 0 Å². The van der Waals surface area contributed by atoms with Crippen LogP contribution in [0.15, 0.2) is 18.2 Å². The number of rotatable bonds is 3. The maximum atomic E-state index is 9.08. The number of hydrogen-bond acceptors (Lipinski definition) is 3. The third-order valence-electron chi connectivity index (χ3n) is 3.08. The van der Waals surface area contributed by atoms with Crippen LogP contribution >= 0.6 is 23.4 Å². The Morgan fingerprint density at radius 1 is 1.59 bits per heavy atom. The zero-order chi connectivity index (χ0) is 12.3. The molecular weight excluding hydrogens is 252 g/mol. The molecule has 0 radical (unpaired) electrons. The monoisotopic (exact) mass is 266 g/mol. The van der Waals surface area contributed by atoms with Gasteiger partial charge in [-0.05, 0) is 37.7 Å². The van der Waals surface area contributed by atoms with E-state index in [1.165, 1.54) is 18.6 Å². The lowest BCUT2D eigenvalue weighted by Crippen LogP contribution is -2.27. The van der Waals surface area contributed by atoms with E-state index in [4.69, 9.17) is 16.9 Å². The highest BCUT2D eigenvalue weighted by molar-refractivity contribution is 8.00. The summed E-state index contributed by atoms with van der Waals surface area (Å²) in [7, 11) is 0. The Morgan fingerprint density at radius 2 is 2.41 bits per heavy atom. The van der Waals surface area contributed by atoms with Gasteiger partial charge in [-0.3, -0.25) is 0 Å². The number of nitrogens with zero attached hydrogens (tertiary/aromatic N) is 1. The molecule has 17 heavy (non-hydrogen) atoms. The molecule has 0 aliphatic carbocycles. The molecule has 1 aromatic carbocycles. The fourth-order valence-corrected chi connectivity index (χ4v) is 3.50. The SMILES string of the molecule is CC1(CNc2cccc(Cl)c2C#N)CCCS1. The van der Waals surface area contributed by atoms with E-state index in [9.17, 15) is 0 Å². The first-order valence-electron chi connectivity index (χ1n) is 5.71. The zero-order valence-electron chi connectivity index (χ0n) is 9.79. The molecule has 1 saturated heterocycles. The molecule has 1 N–H and O–H groups in total. The molecule has 1 heterocycles. The van der Waals surface area contributed by atoms with Crippen molar-refractivity contribution >= 4 is 29.1 Å². The van der Waals surface area contributed by atoms with Crippen molar-refractivity contribution in [3.05, 3.63) is 28.8 Å². The van der Waals surface area contributed by atoms with E-state index in [0.717, 1.165) is 12.2 Å². The predicted molar refractivity (Wildman–Crippen MR) is 74.8 cm³/mol. The van der Waals surface area contributed by atoms with Crippen molar-refractivity contribution in [2.75, 3.05) is 17.6 Å². The predicted octanol–water partition coefficient (Wildman–Crippen LogP) is 3.91. The summed E-state index contributed by atoms with van der Waals surface area (Å²) in [6.45, 7) is 3.15. The standard InChI is InChI=1S/C13H15ClN2S/c1-13(6-3-7-17-13)9-16-12-5-2-4-11(14)10(12)8-15/h2,4-5,16H,3,6-7,9H2,1H3. The van der Waals surface area contributed by atoms with E-state index in [0.29, 0.717) is 10.6 Å². The molecule has 0 spiro atoms. The molecule has 0 bridgehead atoms. The molecule has 1 aliphatic rings. The van der Waals surface area contributed by atoms with Gasteiger partial charge in [0.1, 0.15) is 6.07 Å². The van der Waals surface area contributed by atoms with Crippen LogP contribution in [0.3, 0.4) is 0 Å². The Bertz CT molecular complexity index is 447. The molecule has 0 amide bonds. The van der Waals surface area contributed by atoms with Crippen LogP contribution in [0.25, 0.3) is 0 Å². The minimum Gasteiger partial charge on any atom is -0.383 e. The lowest BCUT2D eigenvalue weighted by molar-refractivity contribution is 0.635. The minimum atomic E-state index is 0.287. The van der Waals surface area contributed by atoms with Crippen molar-refractivity contribution in [1.82, 2.24) is 0 Å². The van der Waals surface area contributed by atoms with Crippen molar-refractivity contribution in [3.8, 4) is 6.07 Å². The number of halogens is 1. The molecule has 1 atom stereocenters. The maximum Gasteiger partial charge on any atom is 0.103 e. The third-order valence-corrected chi connectivity index (χ3v) is 4.93. The van der Waals surface area contributed by atoms with Crippen molar-refractivity contribution in [3.63, 3.8) is 0 Å². The summed E-state index contributed by atoms with van der Waals surface area (Å²) in [5, 5.41) is 13.0.